The molecule has 0 unspecified atom stereocenters. The van der Waals surface area contributed by atoms with Gasteiger partial charge in [0.1, 0.15) is 16.5 Å². The molecule has 0 atom stereocenters. The number of piperazine rings is 1. The number of nitrogens with zero attached hydrogens (tertiary/aromatic N) is 3. The number of rotatable bonds is 3. The van der Waals surface area contributed by atoms with Crippen LogP contribution in [0, 0.1) is 5.82 Å². The third-order valence-electron chi connectivity index (χ3n) is 3.96. The van der Waals surface area contributed by atoms with Gasteiger partial charge in [0, 0.05) is 38.1 Å². The number of halogens is 3. The Morgan fingerprint density at radius 2 is 1.81 bits per heavy atom. The molecule has 2 heterocycles. The van der Waals surface area contributed by atoms with Gasteiger partial charge < -0.3 is 15.5 Å². The van der Waals surface area contributed by atoms with Crippen molar-refractivity contribution in [2.75, 3.05) is 26.2 Å². The van der Waals surface area contributed by atoms with Gasteiger partial charge in [0.25, 0.3) is 11.8 Å². The molecule has 0 spiro atoms. The monoisotopic (exact) mass is 418 g/mol. The van der Waals surface area contributed by atoms with Gasteiger partial charge in [-0.15, -0.1) is 23.7 Å². The molecule has 6 nitrogen and oxygen atoms in total. The van der Waals surface area contributed by atoms with Crippen molar-refractivity contribution in [2.45, 2.75) is 6.54 Å². The Hall–Kier alpha value is -1.74. The lowest BCUT2D eigenvalue weighted by molar-refractivity contribution is 0.0532. The summed E-state index contributed by atoms with van der Waals surface area (Å²) in [7, 11) is 0. The van der Waals surface area contributed by atoms with Crippen molar-refractivity contribution in [3.8, 4) is 0 Å². The lowest BCUT2D eigenvalue weighted by atomic mass is 10.1. The van der Waals surface area contributed by atoms with E-state index in [1.54, 1.807) is 15.2 Å². The summed E-state index contributed by atoms with van der Waals surface area (Å²) in [5.74, 6) is -0.920. The number of carbonyl (C=O) groups is 2. The summed E-state index contributed by atoms with van der Waals surface area (Å²) in [4.78, 5) is 32.4. The van der Waals surface area contributed by atoms with Crippen LogP contribution < -0.4 is 5.73 Å². The lowest BCUT2D eigenvalue weighted by Gasteiger charge is -2.34. The molecule has 1 aliphatic rings. The molecule has 1 aromatic heterocycles. The fourth-order valence-electron chi connectivity index (χ4n) is 2.61. The SMILES string of the molecule is Cl.NCc1nc(C(=O)N2CCN(C(=O)c3ccc(F)cc3Cl)CC2)cs1. The Morgan fingerprint density at radius 1 is 1.19 bits per heavy atom. The molecular weight excluding hydrogens is 402 g/mol. The fraction of sp³-hybridized carbons (Fsp3) is 0.312. The van der Waals surface area contributed by atoms with Crippen LogP contribution in [0.4, 0.5) is 4.39 Å². The first kappa shape index (κ1) is 20.6. The van der Waals surface area contributed by atoms with Crippen LogP contribution >= 0.6 is 35.3 Å². The van der Waals surface area contributed by atoms with Gasteiger partial charge in [-0.25, -0.2) is 9.37 Å². The van der Waals surface area contributed by atoms with E-state index in [2.05, 4.69) is 4.98 Å². The quantitative estimate of drug-likeness (QED) is 0.829. The fourth-order valence-corrected chi connectivity index (χ4v) is 3.51. The molecule has 10 heteroatoms. The molecule has 0 saturated carbocycles. The number of thiazole rings is 1. The zero-order valence-corrected chi connectivity index (χ0v) is 16.0. The van der Waals surface area contributed by atoms with E-state index in [4.69, 9.17) is 17.3 Å². The van der Waals surface area contributed by atoms with Crippen LogP contribution in [0.5, 0.6) is 0 Å². The van der Waals surface area contributed by atoms with E-state index < -0.39 is 5.82 Å². The van der Waals surface area contributed by atoms with E-state index >= 15 is 0 Å². The number of hydrogen-bond donors (Lipinski definition) is 1. The smallest absolute Gasteiger partial charge is 0.273 e. The van der Waals surface area contributed by atoms with Crippen LogP contribution in [0.2, 0.25) is 5.02 Å². The second-order valence-electron chi connectivity index (χ2n) is 5.54. The lowest BCUT2D eigenvalue weighted by Crippen LogP contribution is -2.50. The first-order chi connectivity index (χ1) is 12.0. The maximum absolute atomic E-state index is 13.1. The van der Waals surface area contributed by atoms with Gasteiger partial charge in [-0.05, 0) is 18.2 Å². The van der Waals surface area contributed by atoms with E-state index in [9.17, 15) is 14.0 Å². The minimum atomic E-state index is -0.489. The number of nitrogens with two attached hydrogens (primary N) is 1. The average molecular weight is 419 g/mol. The highest BCUT2D eigenvalue weighted by Crippen LogP contribution is 2.20. The molecule has 26 heavy (non-hydrogen) atoms. The minimum absolute atomic E-state index is 0. The molecule has 2 aromatic rings. The first-order valence-electron chi connectivity index (χ1n) is 7.67. The van der Waals surface area contributed by atoms with E-state index in [1.807, 2.05) is 0 Å². The van der Waals surface area contributed by atoms with Gasteiger partial charge in [-0.1, -0.05) is 11.6 Å². The molecule has 3 rings (SSSR count). The number of benzene rings is 1. The molecule has 1 aliphatic heterocycles. The zero-order chi connectivity index (χ0) is 18.0. The molecule has 0 radical (unpaired) electrons. The molecule has 2 amide bonds. The van der Waals surface area contributed by atoms with E-state index in [-0.39, 0.29) is 34.8 Å². The maximum atomic E-state index is 13.1. The van der Waals surface area contributed by atoms with Crippen LogP contribution in [0.15, 0.2) is 23.6 Å². The Morgan fingerprint density at radius 3 is 2.35 bits per heavy atom. The molecule has 140 valence electrons. The minimum Gasteiger partial charge on any atom is -0.335 e. The molecule has 1 saturated heterocycles. The van der Waals surface area contributed by atoms with Crippen LogP contribution in [0.3, 0.4) is 0 Å². The summed E-state index contributed by atoms with van der Waals surface area (Å²) in [6.45, 7) is 1.87. The average Bonchev–Trinajstić information content (AvgIpc) is 3.10. The standard InChI is InChI=1S/C16H16ClFN4O2S.ClH/c17-12-7-10(18)1-2-11(12)15(23)21-3-5-22(6-4-21)16(24)13-9-25-14(8-19)20-13;/h1-2,7,9H,3-6,8,19H2;1H. The first-order valence-corrected chi connectivity index (χ1v) is 8.93. The van der Waals surface area contributed by atoms with Crippen molar-refractivity contribution in [3.05, 3.63) is 50.7 Å². The topological polar surface area (TPSA) is 79.5 Å². The largest absolute Gasteiger partial charge is 0.335 e. The van der Waals surface area contributed by atoms with Gasteiger partial charge in [-0.3, -0.25) is 9.59 Å². The highest BCUT2D eigenvalue weighted by atomic mass is 35.5. The number of amides is 2. The van der Waals surface area contributed by atoms with Gasteiger partial charge in [0.15, 0.2) is 0 Å². The van der Waals surface area contributed by atoms with Gasteiger partial charge in [-0.2, -0.15) is 0 Å². The third-order valence-corrected chi connectivity index (χ3v) is 5.14. The normalized spacial score (nSPS) is 14.1. The van der Waals surface area contributed by atoms with Crippen molar-refractivity contribution in [1.29, 1.82) is 0 Å². The second kappa shape index (κ2) is 8.77. The molecule has 1 aromatic carbocycles. The Bertz CT molecular complexity index is 809. The van der Waals surface area contributed by atoms with Crippen LogP contribution in [0.1, 0.15) is 25.9 Å². The Kier molecular flexibility index (Phi) is 6.94. The van der Waals surface area contributed by atoms with Crippen molar-refractivity contribution in [2.24, 2.45) is 5.73 Å². The summed E-state index contributed by atoms with van der Waals surface area (Å²) in [6, 6.07) is 3.70. The summed E-state index contributed by atoms with van der Waals surface area (Å²) >= 11 is 7.30. The molecule has 2 N–H and O–H groups in total. The second-order valence-corrected chi connectivity index (χ2v) is 6.89. The Balaban J connectivity index is 0.00000243. The predicted octanol–water partition coefficient (Wildman–Crippen LogP) is 2.41. The van der Waals surface area contributed by atoms with Crippen molar-refractivity contribution in [1.82, 2.24) is 14.8 Å². The predicted molar refractivity (Wildman–Crippen MR) is 100 cm³/mol. The summed E-state index contributed by atoms with van der Waals surface area (Å²) in [5, 5.41) is 2.49. The van der Waals surface area contributed by atoms with Crippen LogP contribution in [-0.4, -0.2) is 52.8 Å². The maximum Gasteiger partial charge on any atom is 0.273 e. The number of aromatic nitrogens is 1. The molecular formula is C16H17Cl2FN4O2S. The summed E-state index contributed by atoms with van der Waals surface area (Å²) < 4.78 is 13.1. The number of hydrogen-bond acceptors (Lipinski definition) is 5. The van der Waals surface area contributed by atoms with E-state index in [1.165, 1.54) is 23.5 Å². The molecule has 1 fully saturated rings. The highest BCUT2D eigenvalue weighted by molar-refractivity contribution is 7.09. The van der Waals surface area contributed by atoms with Gasteiger partial charge >= 0.3 is 0 Å². The Labute approximate surface area is 165 Å². The van der Waals surface area contributed by atoms with Crippen molar-refractivity contribution < 1.29 is 14.0 Å². The molecule has 0 bridgehead atoms. The molecule has 0 aliphatic carbocycles. The summed E-state index contributed by atoms with van der Waals surface area (Å²) in [6.07, 6.45) is 0. The van der Waals surface area contributed by atoms with Crippen LogP contribution in [0.25, 0.3) is 0 Å². The number of carbonyl (C=O) groups excluding carboxylic acids is 2. The third kappa shape index (κ3) is 4.32. The van der Waals surface area contributed by atoms with Gasteiger partial charge in [0.05, 0.1) is 10.6 Å². The van der Waals surface area contributed by atoms with Crippen molar-refractivity contribution >= 4 is 47.2 Å². The van der Waals surface area contributed by atoms with E-state index in [0.717, 1.165) is 6.07 Å². The zero-order valence-electron chi connectivity index (χ0n) is 13.7. The van der Waals surface area contributed by atoms with Gasteiger partial charge in [0.2, 0.25) is 0 Å². The highest BCUT2D eigenvalue weighted by Gasteiger charge is 2.27. The van der Waals surface area contributed by atoms with Crippen LogP contribution in [-0.2, 0) is 6.54 Å². The van der Waals surface area contributed by atoms with E-state index in [0.29, 0.717) is 43.4 Å². The van der Waals surface area contributed by atoms with Crippen molar-refractivity contribution in [3.63, 3.8) is 0 Å². The summed E-state index contributed by atoms with van der Waals surface area (Å²) in [5.41, 5.74) is 6.16.